The van der Waals surface area contributed by atoms with Gasteiger partial charge in [0.15, 0.2) is 5.65 Å². The molecule has 0 unspecified atom stereocenters. The smallest absolute Gasteiger partial charge is 0.264 e. The monoisotopic (exact) mass is 500 g/mol. The highest BCUT2D eigenvalue weighted by atomic mass is 16.3. The average molecular weight is 501 g/mol. The van der Waals surface area contributed by atoms with E-state index in [0.29, 0.717) is 48.1 Å². The van der Waals surface area contributed by atoms with Crippen molar-refractivity contribution >= 4 is 28.5 Å². The quantitative estimate of drug-likeness (QED) is 0.449. The number of amides is 2. The molecule has 2 aromatic carbocycles. The number of aryl methyl sites for hydroxylation is 1. The summed E-state index contributed by atoms with van der Waals surface area (Å²) in [6, 6.07) is 16.0. The number of para-hydroxylation sites is 1. The number of carbonyl (C=O) groups is 2. The van der Waals surface area contributed by atoms with Crippen LogP contribution in [0.25, 0.3) is 11.0 Å². The lowest BCUT2D eigenvalue weighted by molar-refractivity contribution is -0.0299. The minimum absolute atomic E-state index is 0.0947. The van der Waals surface area contributed by atoms with Crippen LogP contribution in [0.15, 0.2) is 71.9 Å². The first-order valence-corrected chi connectivity index (χ1v) is 12.1. The molecule has 1 fully saturated rings. The molecule has 4 aromatic rings. The molecule has 0 bridgehead atoms. The highest BCUT2D eigenvalue weighted by molar-refractivity contribution is 6.06. The molecular formula is C27H28N6O4. The lowest BCUT2D eigenvalue weighted by atomic mass is 9.91. The first-order chi connectivity index (χ1) is 17.8. The van der Waals surface area contributed by atoms with Crippen LogP contribution in [-0.4, -0.2) is 66.9 Å². The predicted octanol–water partition coefficient (Wildman–Crippen LogP) is 2.07. The fourth-order valence-corrected chi connectivity index (χ4v) is 4.68. The highest BCUT2D eigenvalue weighted by Crippen LogP contribution is 2.25. The second kappa shape index (κ2) is 9.62. The normalized spacial score (nSPS) is 15.1. The van der Waals surface area contributed by atoms with E-state index < -0.39 is 5.60 Å². The van der Waals surface area contributed by atoms with Gasteiger partial charge in [0.05, 0.1) is 18.3 Å². The Morgan fingerprint density at radius 3 is 2.35 bits per heavy atom. The number of hydrogen-bond donors (Lipinski definition) is 1. The summed E-state index contributed by atoms with van der Waals surface area (Å²) < 4.78 is 2.94. The molecule has 0 aliphatic carbocycles. The lowest BCUT2D eigenvalue weighted by Crippen LogP contribution is -2.49. The number of likely N-dealkylation sites (tertiary alicyclic amines) is 1. The van der Waals surface area contributed by atoms with Crippen molar-refractivity contribution in [3.05, 3.63) is 88.6 Å². The Hall–Kier alpha value is -4.31. The average Bonchev–Trinajstić information content (AvgIpc) is 3.31. The number of nitrogens with zero attached hydrogens (tertiary/aromatic N) is 6. The van der Waals surface area contributed by atoms with Crippen molar-refractivity contribution in [2.24, 2.45) is 7.05 Å². The molecular weight excluding hydrogens is 472 g/mol. The van der Waals surface area contributed by atoms with Crippen molar-refractivity contribution in [1.82, 2.24) is 24.2 Å². The van der Waals surface area contributed by atoms with Gasteiger partial charge in [-0.15, -0.1) is 0 Å². The molecule has 5 rings (SSSR count). The molecule has 1 saturated heterocycles. The van der Waals surface area contributed by atoms with E-state index in [4.69, 9.17) is 0 Å². The minimum atomic E-state index is -1.13. The second-order valence-corrected chi connectivity index (χ2v) is 9.48. The summed E-state index contributed by atoms with van der Waals surface area (Å²) in [5.41, 5.74) is 0.862. The Morgan fingerprint density at radius 1 is 1.03 bits per heavy atom. The number of aromatic nitrogens is 4. The summed E-state index contributed by atoms with van der Waals surface area (Å²) in [5.74, 6) is -0.324. The molecule has 2 aromatic heterocycles. The molecule has 1 aliphatic rings. The summed E-state index contributed by atoms with van der Waals surface area (Å²) in [5, 5.41) is 15.6. The van der Waals surface area contributed by atoms with Gasteiger partial charge >= 0.3 is 0 Å². The van der Waals surface area contributed by atoms with Gasteiger partial charge in [-0.05, 0) is 49.2 Å². The minimum Gasteiger partial charge on any atom is -0.388 e. The zero-order valence-corrected chi connectivity index (χ0v) is 20.7. The van der Waals surface area contributed by atoms with Crippen molar-refractivity contribution in [1.29, 1.82) is 0 Å². The molecule has 3 heterocycles. The first kappa shape index (κ1) is 24.4. The Labute approximate surface area is 213 Å². The molecule has 10 heteroatoms. The molecule has 0 atom stereocenters. The molecule has 1 N–H and O–H groups in total. The molecule has 0 spiro atoms. The van der Waals surface area contributed by atoms with Gasteiger partial charge in [0, 0.05) is 44.0 Å². The van der Waals surface area contributed by atoms with Crippen molar-refractivity contribution in [2.45, 2.75) is 25.0 Å². The van der Waals surface area contributed by atoms with Crippen molar-refractivity contribution < 1.29 is 14.7 Å². The van der Waals surface area contributed by atoms with E-state index in [9.17, 15) is 19.5 Å². The summed E-state index contributed by atoms with van der Waals surface area (Å²) in [6.07, 6.45) is 3.56. The maximum Gasteiger partial charge on any atom is 0.264 e. The molecule has 190 valence electrons. The SMILES string of the molecule is CN(C(=O)c1ccc(C(=O)N2CCC(O)(Cn3cnc4c(cnn4C)c3=O)CC2)cc1)c1ccccc1. The third-order valence-electron chi connectivity index (χ3n) is 6.99. The molecule has 0 radical (unpaired) electrons. The Bertz CT molecular complexity index is 1500. The number of carbonyl (C=O) groups excluding carboxylic acids is 2. The van der Waals surface area contributed by atoms with E-state index in [1.54, 1.807) is 48.2 Å². The van der Waals surface area contributed by atoms with Crippen molar-refractivity contribution in [3.8, 4) is 0 Å². The highest BCUT2D eigenvalue weighted by Gasteiger charge is 2.35. The molecule has 2 amide bonds. The summed E-state index contributed by atoms with van der Waals surface area (Å²) in [6.45, 7) is 0.797. The predicted molar refractivity (Wildman–Crippen MR) is 138 cm³/mol. The van der Waals surface area contributed by atoms with Crippen LogP contribution >= 0.6 is 0 Å². The standard InChI is InChI=1S/C27H28N6O4/c1-30(21-6-4-3-5-7-21)24(34)19-8-10-20(11-9-19)25(35)32-14-12-27(37,13-15-32)17-33-18-28-23-22(26(33)36)16-29-31(23)2/h3-11,16,18,37H,12-15,17H2,1-2H3. The van der Waals surface area contributed by atoms with Crippen LogP contribution in [0.1, 0.15) is 33.6 Å². The van der Waals surface area contributed by atoms with Gasteiger partial charge < -0.3 is 14.9 Å². The van der Waals surface area contributed by atoms with Gasteiger partial charge in [-0.1, -0.05) is 18.2 Å². The van der Waals surface area contributed by atoms with Crippen LogP contribution in [0.3, 0.4) is 0 Å². The topological polar surface area (TPSA) is 114 Å². The lowest BCUT2D eigenvalue weighted by Gasteiger charge is -2.38. The van der Waals surface area contributed by atoms with Crippen molar-refractivity contribution in [2.75, 3.05) is 25.0 Å². The molecule has 0 saturated carbocycles. The number of anilines is 1. The summed E-state index contributed by atoms with van der Waals surface area (Å²) in [4.78, 5) is 46.2. The second-order valence-electron chi connectivity index (χ2n) is 9.48. The Balaban J connectivity index is 1.22. The zero-order valence-electron chi connectivity index (χ0n) is 20.7. The number of piperidine rings is 1. The van der Waals surface area contributed by atoms with Crippen LogP contribution in [0, 0.1) is 0 Å². The fourth-order valence-electron chi connectivity index (χ4n) is 4.68. The van der Waals surface area contributed by atoms with Gasteiger partial charge in [-0.25, -0.2) is 4.98 Å². The Kier molecular flexibility index (Phi) is 6.34. The number of rotatable bonds is 5. The molecule has 1 aliphatic heterocycles. The van der Waals surface area contributed by atoms with E-state index >= 15 is 0 Å². The number of benzene rings is 2. The molecule has 10 nitrogen and oxygen atoms in total. The Morgan fingerprint density at radius 2 is 1.68 bits per heavy atom. The summed E-state index contributed by atoms with van der Waals surface area (Å²) >= 11 is 0. The van der Waals surface area contributed by atoms with Crippen LogP contribution in [-0.2, 0) is 13.6 Å². The van der Waals surface area contributed by atoms with E-state index in [1.165, 1.54) is 21.8 Å². The number of fused-ring (bicyclic) bond motifs is 1. The third-order valence-corrected chi connectivity index (χ3v) is 6.99. The maximum absolute atomic E-state index is 13.1. The van der Waals surface area contributed by atoms with E-state index in [-0.39, 0.29) is 23.9 Å². The number of hydrogen-bond acceptors (Lipinski definition) is 6. The van der Waals surface area contributed by atoms with E-state index in [1.807, 2.05) is 30.3 Å². The third kappa shape index (κ3) is 4.75. The zero-order chi connectivity index (χ0) is 26.2. The number of aliphatic hydroxyl groups is 1. The molecule has 37 heavy (non-hydrogen) atoms. The maximum atomic E-state index is 13.1. The van der Waals surface area contributed by atoms with Crippen LogP contribution in [0.5, 0.6) is 0 Å². The fraction of sp³-hybridized carbons (Fsp3) is 0.296. The van der Waals surface area contributed by atoms with Crippen LogP contribution in [0.4, 0.5) is 5.69 Å². The van der Waals surface area contributed by atoms with E-state index in [0.717, 1.165) is 5.69 Å². The van der Waals surface area contributed by atoms with Gasteiger partial charge in [0.2, 0.25) is 0 Å². The largest absolute Gasteiger partial charge is 0.388 e. The van der Waals surface area contributed by atoms with Crippen molar-refractivity contribution in [3.63, 3.8) is 0 Å². The van der Waals surface area contributed by atoms with Gasteiger partial charge in [0.25, 0.3) is 17.4 Å². The van der Waals surface area contributed by atoms with E-state index in [2.05, 4.69) is 10.1 Å². The van der Waals surface area contributed by atoms with Crippen LogP contribution < -0.4 is 10.5 Å². The van der Waals surface area contributed by atoms with Gasteiger partial charge in [-0.2, -0.15) is 5.10 Å². The van der Waals surface area contributed by atoms with Crippen LogP contribution in [0.2, 0.25) is 0 Å². The van der Waals surface area contributed by atoms with Gasteiger partial charge in [-0.3, -0.25) is 23.6 Å². The summed E-state index contributed by atoms with van der Waals surface area (Å²) in [7, 11) is 3.43. The van der Waals surface area contributed by atoms with Gasteiger partial charge in [0.1, 0.15) is 11.7 Å². The first-order valence-electron chi connectivity index (χ1n) is 12.1.